The quantitative estimate of drug-likeness (QED) is 0.137. The summed E-state index contributed by atoms with van der Waals surface area (Å²) in [6.07, 6.45) is 8.45. The maximum absolute atomic E-state index is 13.3. The fourth-order valence-electron chi connectivity index (χ4n) is 8.64. The first-order chi connectivity index (χ1) is 30.3. The highest BCUT2D eigenvalue weighted by molar-refractivity contribution is 9.10. The minimum absolute atomic E-state index is 0. The molecule has 330 valence electrons. The van der Waals surface area contributed by atoms with Crippen LogP contribution in [0.25, 0.3) is 32.9 Å². The first-order valence-electron chi connectivity index (χ1n) is 20.9. The van der Waals surface area contributed by atoms with E-state index in [2.05, 4.69) is 62.3 Å². The van der Waals surface area contributed by atoms with Crippen LogP contribution in [0.2, 0.25) is 0 Å². The van der Waals surface area contributed by atoms with Gasteiger partial charge >= 0.3 is 0 Å². The molecule has 6 aromatic carbocycles. The number of halogens is 1. The molecule has 0 unspecified atom stereocenters. The van der Waals surface area contributed by atoms with Gasteiger partial charge in [-0.15, -0.1) is 0 Å². The molecule has 0 amide bonds. The molecule has 0 spiro atoms. The average Bonchev–Trinajstić information content (AvgIpc) is 4.05. The zero-order chi connectivity index (χ0) is 42.3. The van der Waals surface area contributed by atoms with Crippen molar-refractivity contribution in [2.24, 2.45) is 0 Å². The van der Waals surface area contributed by atoms with Gasteiger partial charge in [-0.25, -0.2) is 0 Å². The number of Topliss-reactive ketones (excluding diaryl/α,β-unsaturated/α-hetero) is 2. The fraction of sp³-hybridized carbons (Fsp3) is 0.208. The van der Waals surface area contributed by atoms with Crippen molar-refractivity contribution in [3.05, 3.63) is 173 Å². The summed E-state index contributed by atoms with van der Waals surface area (Å²) in [6, 6.07) is 44.1. The fourth-order valence-corrected chi connectivity index (χ4v) is 9.08. The number of H-pyrrole nitrogens is 2. The number of ketones is 2. The van der Waals surface area contributed by atoms with Gasteiger partial charge in [0.2, 0.25) is 13.6 Å². The molecular weight excluding hydrogens is 883 g/mol. The number of fused-ring (bicyclic) bond motifs is 4. The normalized spacial score (nSPS) is 14.8. The molecule has 10 nitrogen and oxygen atoms in total. The van der Waals surface area contributed by atoms with E-state index in [1.807, 2.05) is 109 Å². The lowest BCUT2D eigenvalue weighted by atomic mass is 9.87. The Hall–Kier alpha value is -6.60. The van der Waals surface area contributed by atoms with Crippen LogP contribution in [0.3, 0.4) is 0 Å². The lowest BCUT2D eigenvalue weighted by Crippen LogP contribution is -2.22. The Labute approximate surface area is 387 Å². The summed E-state index contributed by atoms with van der Waals surface area (Å²) >= 11 is 3.54. The summed E-state index contributed by atoms with van der Waals surface area (Å²) in [7, 11) is 5.36. The second-order valence-electron chi connectivity index (χ2n) is 16.4. The van der Waals surface area contributed by atoms with E-state index in [1.54, 1.807) is 0 Å². The van der Waals surface area contributed by atoms with Crippen molar-refractivity contribution in [2.45, 2.75) is 56.8 Å². The third-order valence-electron chi connectivity index (χ3n) is 12.5. The van der Waals surface area contributed by atoms with E-state index in [-0.39, 0.29) is 54.4 Å². The van der Waals surface area contributed by atoms with Gasteiger partial charge in [0.1, 0.15) is 19.4 Å². The molecule has 6 N–H and O–H groups in total. The highest BCUT2D eigenvalue weighted by Crippen LogP contribution is 2.53. The Kier molecular flexibility index (Phi) is 13.7. The molecule has 0 bridgehead atoms. The van der Waals surface area contributed by atoms with E-state index < -0.39 is 0 Å². The van der Waals surface area contributed by atoms with Crippen LogP contribution in [0.15, 0.2) is 150 Å². The van der Waals surface area contributed by atoms with Gasteiger partial charge in [0, 0.05) is 57.1 Å². The Morgan fingerprint density at radius 2 is 1.02 bits per heavy atom. The zero-order valence-electron chi connectivity index (χ0n) is 34.9. The molecule has 2 fully saturated rings. The number of nitrogens with one attached hydrogen (secondary N) is 2. The summed E-state index contributed by atoms with van der Waals surface area (Å²) in [5, 5.41) is 2.26. The standard InChI is InChI=1S/C26H21NO3.C20H16BrNO3.C6H5B.CH4.2H2O/c28-25(26(10-11-26)19-7-9-23-24(14-19)30-16-29-23)13-17-6-8-22-20(12-17)21(15-27-22)18-4-2-1-3-5-18;21-15-10-22-16-3-1-12(7-14(15)16)8-19(23)20(5-6-20)13-2-4-17-18(9-13)25-11-24-17;7-6-4-2-1-3-5-6;;;/h1-9,12,14-15,27H,10-11,13,16H2;1-4,7,9-10,22H,5-6,8,11H2;1-5H;1H4;2*1H2. The summed E-state index contributed by atoms with van der Waals surface area (Å²) in [4.78, 5) is 33.0. The Morgan fingerprint density at radius 1 is 0.554 bits per heavy atom. The van der Waals surface area contributed by atoms with Crippen molar-refractivity contribution in [1.29, 1.82) is 0 Å². The molecule has 4 aliphatic rings. The molecule has 2 saturated carbocycles. The zero-order valence-corrected chi connectivity index (χ0v) is 36.5. The van der Waals surface area contributed by atoms with Gasteiger partial charge in [0.05, 0.1) is 10.8 Å². The molecule has 65 heavy (non-hydrogen) atoms. The minimum atomic E-state index is -0.379. The van der Waals surface area contributed by atoms with E-state index >= 15 is 0 Å². The number of hydrogen-bond donors (Lipinski definition) is 2. The van der Waals surface area contributed by atoms with Crippen LogP contribution in [0, 0.1) is 0 Å². The van der Waals surface area contributed by atoms with Crippen molar-refractivity contribution < 1.29 is 39.5 Å². The summed E-state index contributed by atoms with van der Waals surface area (Å²) in [5.74, 6) is 3.56. The summed E-state index contributed by atoms with van der Waals surface area (Å²) in [5.41, 5.74) is 8.77. The maximum Gasteiger partial charge on any atom is 0.231 e. The van der Waals surface area contributed by atoms with Crippen LogP contribution in [0.5, 0.6) is 23.0 Å². The van der Waals surface area contributed by atoms with E-state index in [1.165, 1.54) is 5.56 Å². The predicted molar refractivity (Wildman–Crippen MR) is 260 cm³/mol. The monoisotopic (exact) mass is 932 g/mol. The topological polar surface area (TPSA) is 166 Å². The first-order valence-corrected chi connectivity index (χ1v) is 21.7. The maximum atomic E-state index is 13.3. The van der Waals surface area contributed by atoms with E-state index in [0.29, 0.717) is 12.8 Å². The van der Waals surface area contributed by atoms with Crippen molar-refractivity contribution >= 4 is 62.6 Å². The molecule has 2 aliphatic heterocycles. The van der Waals surface area contributed by atoms with Crippen LogP contribution >= 0.6 is 15.9 Å². The molecule has 2 aromatic heterocycles. The molecule has 2 aliphatic carbocycles. The van der Waals surface area contributed by atoms with Gasteiger partial charge in [-0.1, -0.05) is 97.8 Å². The molecule has 12 heteroatoms. The first kappa shape index (κ1) is 46.4. The second-order valence-corrected chi connectivity index (χ2v) is 17.2. The number of carbonyl (C=O) groups is 2. The van der Waals surface area contributed by atoms with E-state index in [9.17, 15) is 9.59 Å². The smallest absolute Gasteiger partial charge is 0.231 e. The van der Waals surface area contributed by atoms with Crippen molar-refractivity contribution in [3.8, 4) is 34.1 Å². The molecular formula is C53H50BBrN2O8. The largest absolute Gasteiger partial charge is 0.454 e. The number of ether oxygens (including phenoxy) is 4. The van der Waals surface area contributed by atoms with Crippen LogP contribution in [-0.4, -0.2) is 53.9 Å². The summed E-state index contributed by atoms with van der Waals surface area (Å²) in [6.45, 7) is 0.505. The summed E-state index contributed by atoms with van der Waals surface area (Å²) < 4.78 is 22.8. The Balaban J connectivity index is 0.000000164. The van der Waals surface area contributed by atoms with Gasteiger partial charge in [-0.3, -0.25) is 9.59 Å². The van der Waals surface area contributed by atoms with Crippen molar-refractivity contribution in [2.75, 3.05) is 13.6 Å². The number of carbonyl (C=O) groups excluding carboxylic acids is 2. The average molecular weight is 934 g/mol. The molecule has 0 atom stereocenters. The van der Waals surface area contributed by atoms with Gasteiger partial charge in [0.25, 0.3) is 0 Å². The Bertz CT molecular complexity index is 2960. The van der Waals surface area contributed by atoms with Crippen LogP contribution in [0.1, 0.15) is 55.4 Å². The molecule has 8 aromatic rings. The number of benzene rings is 6. The van der Waals surface area contributed by atoms with Gasteiger partial charge in [-0.05, 0) is 118 Å². The SMILES string of the molecule is C.O.O.O=C(Cc1ccc2[nH]cc(-c3ccccc3)c2c1)C1(c2ccc3c(c2)OCO3)CC1.O=C(Cc1ccc2[nH]cc(Br)c2c1)C1(c2ccc3c(c2)OCO3)CC1.[B]c1ccccc1. The van der Waals surface area contributed by atoms with Gasteiger partial charge in [0.15, 0.2) is 23.0 Å². The van der Waals surface area contributed by atoms with Crippen LogP contribution in [-0.2, 0) is 33.3 Å². The van der Waals surface area contributed by atoms with E-state index in [0.717, 1.165) is 108 Å². The Morgan fingerprint density at radius 3 is 1.51 bits per heavy atom. The third kappa shape index (κ3) is 9.33. The number of aromatic nitrogens is 2. The third-order valence-corrected chi connectivity index (χ3v) is 13.1. The van der Waals surface area contributed by atoms with Gasteiger partial charge < -0.3 is 39.9 Å². The molecule has 2 radical (unpaired) electrons. The second kappa shape index (κ2) is 19.2. The lowest BCUT2D eigenvalue weighted by molar-refractivity contribution is -0.121. The number of rotatable bonds is 9. The highest BCUT2D eigenvalue weighted by Gasteiger charge is 2.51. The highest BCUT2D eigenvalue weighted by atomic mass is 79.9. The minimum Gasteiger partial charge on any atom is -0.454 e. The van der Waals surface area contributed by atoms with Crippen molar-refractivity contribution in [1.82, 2.24) is 9.97 Å². The molecule has 12 rings (SSSR count). The van der Waals surface area contributed by atoms with Crippen LogP contribution < -0.4 is 24.4 Å². The molecule has 0 saturated heterocycles. The number of aromatic amines is 2. The predicted octanol–water partition coefficient (Wildman–Crippen LogP) is 9.38. The molecule has 4 heterocycles. The van der Waals surface area contributed by atoms with Crippen LogP contribution in [0.4, 0.5) is 0 Å². The van der Waals surface area contributed by atoms with Gasteiger partial charge in [-0.2, -0.15) is 0 Å². The lowest BCUT2D eigenvalue weighted by Gasteiger charge is -2.15. The number of hydrogen-bond acceptors (Lipinski definition) is 6. The van der Waals surface area contributed by atoms with Crippen molar-refractivity contribution in [3.63, 3.8) is 0 Å². The van der Waals surface area contributed by atoms with E-state index in [4.69, 9.17) is 26.8 Å².